The molecule has 2 aromatic rings. The maximum absolute atomic E-state index is 11.9. The summed E-state index contributed by atoms with van der Waals surface area (Å²) in [5.74, 6) is 1.90. The first-order valence-electron chi connectivity index (χ1n) is 9.40. The van der Waals surface area contributed by atoms with E-state index in [0.717, 1.165) is 11.4 Å². The van der Waals surface area contributed by atoms with Gasteiger partial charge in [0, 0.05) is 26.2 Å². The van der Waals surface area contributed by atoms with Crippen LogP contribution in [0, 0.1) is 0 Å². The first-order chi connectivity index (χ1) is 13.6. The molecule has 2 heterocycles. The summed E-state index contributed by atoms with van der Waals surface area (Å²) in [5.41, 5.74) is 7.59. The Bertz CT molecular complexity index is 808. The van der Waals surface area contributed by atoms with Crippen molar-refractivity contribution in [3.8, 4) is 5.75 Å². The van der Waals surface area contributed by atoms with Crippen molar-refractivity contribution in [2.24, 2.45) is 0 Å². The number of carbonyl (C=O) groups is 1. The average Bonchev–Trinajstić information content (AvgIpc) is 2.71. The van der Waals surface area contributed by atoms with Gasteiger partial charge >= 0.3 is 6.09 Å². The van der Waals surface area contributed by atoms with Gasteiger partial charge in [-0.1, -0.05) is 12.1 Å². The lowest BCUT2D eigenvalue weighted by molar-refractivity contribution is 0.105. The van der Waals surface area contributed by atoms with Crippen molar-refractivity contribution >= 4 is 29.1 Å². The molecule has 1 aromatic carbocycles. The Morgan fingerprint density at radius 1 is 1.14 bits per heavy atom. The van der Waals surface area contributed by atoms with Gasteiger partial charge in [-0.2, -0.15) is 0 Å². The monoisotopic (exact) mass is 386 g/mol. The highest BCUT2D eigenvalue weighted by atomic mass is 16.6. The van der Waals surface area contributed by atoms with Crippen LogP contribution in [-0.4, -0.2) is 60.4 Å². The molecule has 28 heavy (non-hydrogen) atoms. The third kappa shape index (κ3) is 4.36. The second-order valence-corrected chi connectivity index (χ2v) is 6.19. The molecule has 0 atom stereocenters. The summed E-state index contributed by atoms with van der Waals surface area (Å²) in [6.45, 7) is 7.02. The largest absolute Gasteiger partial charge is 0.492 e. The smallest absolute Gasteiger partial charge is 0.409 e. The Morgan fingerprint density at radius 2 is 1.89 bits per heavy atom. The minimum Gasteiger partial charge on any atom is -0.492 e. The molecule has 150 valence electrons. The van der Waals surface area contributed by atoms with Crippen molar-refractivity contribution in [3.63, 3.8) is 0 Å². The zero-order chi connectivity index (χ0) is 19.9. The van der Waals surface area contributed by atoms with Crippen LogP contribution < -0.4 is 20.7 Å². The number of hydrogen-bond donors (Lipinski definition) is 2. The topological polar surface area (TPSA) is 106 Å². The van der Waals surface area contributed by atoms with Crippen LogP contribution in [0.1, 0.15) is 13.8 Å². The molecule has 9 nitrogen and oxygen atoms in total. The quantitative estimate of drug-likeness (QED) is 0.780. The van der Waals surface area contributed by atoms with Gasteiger partial charge in [0.1, 0.15) is 17.8 Å². The van der Waals surface area contributed by atoms with Crippen LogP contribution in [0.2, 0.25) is 0 Å². The van der Waals surface area contributed by atoms with Crippen LogP contribution >= 0.6 is 0 Å². The number of benzene rings is 1. The highest BCUT2D eigenvalue weighted by molar-refractivity contribution is 5.80. The molecule has 9 heteroatoms. The number of aromatic nitrogens is 2. The highest BCUT2D eigenvalue weighted by Crippen LogP contribution is 2.32. The Kier molecular flexibility index (Phi) is 6.36. The van der Waals surface area contributed by atoms with Crippen molar-refractivity contribution in [2.75, 3.05) is 55.3 Å². The fourth-order valence-corrected chi connectivity index (χ4v) is 3.03. The van der Waals surface area contributed by atoms with E-state index in [0.29, 0.717) is 56.7 Å². The number of nitrogens with two attached hydrogens (primary N) is 1. The number of nitrogen functional groups attached to an aromatic ring is 1. The Hall–Kier alpha value is -3.23. The number of carbonyl (C=O) groups excluding carboxylic acids is 1. The molecule has 3 rings (SSSR count). The standard InChI is InChI=1S/C19H26N6O3/c1-3-27-15-8-6-5-7-14(15)23-17-16(20)18(22-13-21-17)24-9-11-25(12-10-24)19(26)28-4-2/h5-8,13H,3-4,9-12,20H2,1-2H3,(H,21,22,23). The van der Waals surface area contributed by atoms with Gasteiger partial charge in [0.25, 0.3) is 0 Å². The maximum Gasteiger partial charge on any atom is 0.409 e. The van der Waals surface area contributed by atoms with E-state index in [1.807, 2.05) is 36.1 Å². The van der Waals surface area contributed by atoms with Crippen molar-refractivity contribution < 1.29 is 14.3 Å². The number of rotatable bonds is 6. The molecular weight excluding hydrogens is 360 g/mol. The minimum atomic E-state index is -0.285. The van der Waals surface area contributed by atoms with E-state index in [4.69, 9.17) is 15.2 Å². The van der Waals surface area contributed by atoms with Gasteiger partial charge in [-0.25, -0.2) is 14.8 Å². The van der Waals surface area contributed by atoms with Crippen LogP contribution in [0.4, 0.5) is 27.8 Å². The lowest BCUT2D eigenvalue weighted by atomic mass is 10.2. The summed E-state index contributed by atoms with van der Waals surface area (Å²) in [4.78, 5) is 24.2. The predicted molar refractivity (Wildman–Crippen MR) is 108 cm³/mol. The van der Waals surface area contributed by atoms with Crippen molar-refractivity contribution in [1.82, 2.24) is 14.9 Å². The first kappa shape index (κ1) is 19.5. The minimum absolute atomic E-state index is 0.285. The van der Waals surface area contributed by atoms with Crippen LogP contribution in [0.3, 0.4) is 0 Å². The summed E-state index contributed by atoms with van der Waals surface area (Å²) in [6.07, 6.45) is 1.20. The van der Waals surface area contributed by atoms with Crippen LogP contribution in [0.25, 0.3) is 0 Å². The second kappa shape index (κ2) is 9.12. The number of hydrogen-bond acceptors (Lipinski definition) is 8. The summed E-state index contributed by atoms with van der Waals surface area (Å²) in [7, 11) is 0. The van der Waals surface area contributed by atoms with Gasteiger partial charge < -0.3 is 30.3 Å². The van der Waals surface area contributed by atoms with Gasteiger partial charge in [-0.15, -0.1) is 0 Å². The van der Waals surface area contributed by atoms with Crippen molar-refractivity contribution in [2.45, 2.75) is 13.8 Å². The van der Waals surface area contributed by atoms with Crippen LogP contribution in [-0.2, 0) is 4.74 Å². The number of nitrogens with one attached hydrogen (secondary N) is 1. The van der Waals surface area contributed by atoms with Crippen molar-refractivity contribution in [3.05, 3.63) is 30.6 Å². The Balaban J connectivity index is 1.73. The number of piperazine rings is 1. The fourth-order valence-electron chi connectivity index (χ4n) is 3.03. The van der Waals surface area contributed by atoms with E-state index in [1.54, 1.807) is 11.8 Å². The van der Waals surface area contributed by atoms with E-state index in [2.05, 4.69) is 15.3 Å². The third-order valence-electron chi connectivity index (χ3n) is 4.41. The number of amides is 1. The van der Waals surface area contributed by atoms with Gasteiger partial charge in [0.05, 0.1) is 18.9 Å². The molecule has 1 amide bonds. The normalized spacial score (nSPS) is 13.9. The molecule has 1 saturated heterocycles. The van der Waals surface area contributed by atoms with Crippen LogP contribution in [0.5, 0.6) is 5.75 Å². The second-order valence-electron chi connectivity index (χ2n) is 6.19. The van der Waals surface area contributed by atoms with E-state index in [1.165, 1.54) is 6.33 Å². The van der Waals surface area contributed by atoms with Gasteiger partial charge in [0.15, 0.2) is 11.6 Å². The molecule has 0 radical (unpaired) electrons. The van der Waals surface area contributed by atoms with E-state index < -0.39 is 0 Å². The van der Waals surface area contributed by atoms with E-state index in [-0.39, 0.29) is 6.09 Å². The van der Waals surface area contributed by atoms with E-state index >= 15 is 0 Å². The summed E-state index contributed by atoms with van der Waals surface area (Å²) in [6, 6.07) is 7.62. The van der Waals surface area contributed by atoms with Crippen molar-refractivity contribution in [1.29, 1.82) is 0 Å². The first-order valence-corrected chi connectivity index (χ1v) is 9.40. The molecule has 0 aliphatic carbocycles. The molecule has 1 aliphatic heterocycles. The molecule has 0 saturated carbocycles. The Morgan fingerprint density at radius 3 is 2.61 bits per heavy atom. The molecule has 0 unspecified atom stereocenters. The molecule has 0 bridgehead atoms. The number of nitrogens with zero attached hydrogens (tertiary/aromatic N) is 4. The van der Waals surface area contributed by atoms with Gasteiger partial charge in [-0.05, 0) is 26.0 Å². The van der Waals surface area contributed by atoms with Gasteiger partial charge in [0.2, 0.25) is 0 Å². The molecule has 1 aromatic heterocycles. The fraction of sp³-hybridized carbons (Fsp3) is 0.421. The Labute approximate surface area is 164 Å². The van der Waals surface area contributed by atoms with Crippen LogP contribution in [0.15, 0.2) is 30.6 Å². The lowest BCUT2D eigenvalue weighted by Crippen LogP contribution is -2.49. The number of para-hydroxylation sites is 2. The molecule has 3 N–H and O–H groups in total. The number of ether oxygens (including phenoxy) is 2. The predicted octanol–water partition coefficient (Wildman–Crippen LogP) is 2.48. The summed E-state index contributed by atoms with van der Waals surface area (Å²) < 4.78 is 10.7. The number of anilines is 4. The molecule has 1 aliphatic rings. The van der Waals surface area contributed by atoms with E-state index in [9.17, 15) is 4.79 Å². The molecule has 1 fully saturated rings. The molecule has 0 spiro atoms. The lowest BCUT2D eigenvalue weighted by Gasteiger charge is -2.35. The SMILES string of the molecule is CCOC(=O)N1CCN(c2ncnc(Nc3ccccc3OCC)c2N)CC1. The summed E-state index contributed by atoms with van der Waals surface area (Å²) >= 11 is 0. The summed E-state index contributed by atoms with van der Waals surface area (Å²) in [5, 5.41) is 3.24. The zero-order valence-corrected chi connectivity index (χ0v) is 16.2. The molecular formula is C19H26N6O3. The maximum atomic E-state index is 11.9. The zero-order valence-electron chi connectivity index (χ0n) is 16.2. The third-order valence-corrected chi connectivity index (χ3v) is 4.41. The van der Waals surface area contributed by atoms with Gasteiger partial charge in [-0.3, -0.25) is 0 Å². The highest BCUT2D eigenvalue weighted by Gasteiger charge is 2.24. The average molecular weight is 386 g/mol.